The summed E-state index contributed by atoms with van der Waals surface area (Å²) in [7, 11) is 0. The van der Waals surface area contributed by atoms with Gasteiger partial charge in [-0.3, -0.25) is 0 Å². The Morgan fingerprint density at radius 1 is 1.25 bits per heavy atom. The predicted octanol–water partition coefficient (Wildman–Crippen LogP) is -1.16. The molecule has 0 radical (unpaired) electrons. The van der Waals surface area contributed by atoms with Gasteiger partial charge in [0.25, 0.3) is 0 Å². The summed E-state index contributed by atoms with van der Waals surface area (Å²) in [6, 6.07) is 0.474. The van der Waals surface area contributed by atoms with E-state index < -0.39 is 18.3 Å². The summed E-state index contributed by atoms with van der Waals surface area (Å²) in [6.07, 6.45) is 2.20. The Kier molecular flexibility index (Phi) is 4.23. The standard InChI is InChI=1S/C8H6BF4N2.K/c1-5-3-15-4-6(9(11,12)13)2-7(10)8(15)14-5;/h2-4H,1H3;/q-1;+1. The van der Waals surface area contributed by atoms with Crippen molar-refractivity contribution in [2.24, 2.45) is 0 Å². The number of aromatic nitrogens is 2. The van der Waals surface area contributed by atoms with Crippen LogP contribution >= 0.6 is 0 Å². The summed E-state index contributed by atoms with van der Waals surface area (Å²) in [5.74, 6) is -0.959. The predicted molar refractivity (Wildman–Crippen MR) is 48.6 cm³/mol. The van der Waals surface area contributed by atoms with E-state index in [1.165, 1.54) is 6.20 Å². The van der Waals surface area contributed by atoms with Crippen LogP contribution in [-0.4, -0.2) is 16.4 Å². The monoisotopic (exact) mass is 256 g/mol. The van der Waals surface area contributed by atoms with Gasteiger partial charge in [0.2, 0.25) is 0 Å². The quantitative estimate of drug-likeness (QED) is 0.465. The van der Waals surface area contributed by atoms with Gasteiger partial charge in [0, 0.05) is 6.20 Å². The molecular weight excluding hydrogens is 250 g/mol. The second kappa shape index (κ2) is 4.77. The van der Waals surface area contributed by atoms with Crippen LogP contribution in [0.3, 0.4) is 0 Å². The smallest absolute Gasteiger partial charge is 0.445 e. The normalized spacial score (nSPS) is 11.6. The molecule has 0 saturated carbocycles. The van der Waals surface area contributed by atoms with Crippen LogP contribution < -0.4 is 56.8 Å². The number of rotatable bonds is 1. The second-order valence-electron chi connectivity index (χ2n) is 3.31. The fraction of sp³-hybridized carbons (Fsp3) is 0.125. The molecule has 0 fully saturated rings. The molecule has 0 amide bonds. The zero-order valence-corrected chi connectivity index (χ0v) is 11.8. The van der Waals surface area contributed by atoms with Crippen LogP contribution in [0.15, 0.2) is 18.5 Å². The Labute approximate surface area is 132 Å². The molecule has 2 heterocycles. The molecule has 0 aliphatic rings. The molecule has 2 rings (SSSR count). The van der Waals surface area contributed by atoms with Crippen molar-refractivity contribution in [2.45, 2.75) is 6.92 Å². The van der Waals surface area contributed by atoms with Gasteiger partial charge < -0.3 is 17.3 Å². The Morgan fingerprint density at radius 3 is 2.44 bits per heavy atom. The van der Waals surface area contributed by atoms with Crippen molar-refractivity contribution in [2.75, 3.05) is 0 Å². The summed E-state index contributed by atoms with van der Waals surface area (Å²) in [5, 5.41) is 0. The third kappa shape index (κ3) is 2.68. The van der Waals surface area contributed by atoms with E-state index in [1.807, 2.05) is 0 Å². The molecule has 80 valence electrons. The molecule has 0 aliphatic heterocycles. The first kappa shape index (κ1) is 14.2. The van der Waals surface area contributed by atoms with Gasteiger partial charge in [0.1, 0.15) is 0 Å². The Balaban J connectivity index is 0.00000128. The van der Waals surface area contributed by atoms with E-state index in [1.54, 1.807) is 6.92 Å². The Morgan fingerprint density at radius 2 is 1.88 bits per heavy atom. The van der Waals surface area contributed by atoms with Gasteiger partial charge in [-0.05, 0) is 19.2 Å². The summed E-state index contributed by atoms with van der Waals surface area (Å²) < 4.78 is 51.4. The molecule has 16 heavy (non-hydrogen) atoms. The molecule has 0 spiro atoms. The maximum atomic E-state index is 13.2. The molecule has 0 bridgehead atoms. The maximum Gasteiger partial charge on any atom is 1.00 e. The fourth-order valence-corrected chi connectivity index (χ4v) is 1.38. The molecular formula is C8H6BF4KN2. The van der Waals surface area contributed by atoms with Crippen LogP contribution in [-0.2, 0) is 0 Å². The summed E-state index contributed by atoms with van der Waals surface area (Å²) in [6.45, 7) is -3.60. The minimum atomic E-state index is -5.18. The van der Waals surface area contributed by atoms with Crippen LogP contribution in [0, 0.1) is 12.7 Å². The molecule has 2 aromatic heterocycles. The van der Waals surface area contributed by atoms with Gasteiger partial charge in [-0.25, -0.2) is 9.37 Å². The van der Waals surface area contributed by atoms with Crippen LogP contribution in [0.2, 0.25) is 0 Å². The van der Waals surface area contributed by atoms with Crippen molar-refractivity contribution in [3.8, 4) is 0 Å². The van der Waals surface area contributed by atoms with Gasteiger partial charge in [-0.1, -0.05) is 5.46 Å². The molecule has 0 saturated heterocycles. The van der Waals surface area contributed by atoms with E-state index in [0.717, 1.165) is 10.6 Å². The molecule has 2 nitrogen and oxygen atoms in total. The van der Waals surface area contributed by atoms with Crippen molar-refractivity contribution in [3.05, 3.63) is 30.0 Å². The van der Waals surface area contributed by atoms with Crippen molar-refractivity contribution in [1.82, 2.24) is 9.38 Å². The van der Waals surface area contributed by atoms with Crippen LogP contribution in [0.25, 0.3) is 5.65 Å². The SMILES string of the molecule is Cc1cn2cc([B-](F)(F)F)cc(F)c2n1.[K+]. The summed E-state index contributed by atoms with van der Waals surface area (Å²) >= 11 is 0. The molecule has 0 aliphatic carbocycles. The summed E-state index contributed by atoms with van der Waals surface area (Å²) in [4.78, 5) is 3.76. The topological polar surface area (TPSA) is 17.3 Å². The zero-order valence-electron chi connectivity index (χ0n) is 8.72. The van der Waals surface area contributed by atoms with Crippen molar-refractivity contribution >= 4 is 18.1 Å². The second-order valence-corrected chi connectivity index (χ2v) is 3.31. The molecule has 0 unspecified atom stereocenters. The van der Waals surface area contributed by atoms with Crippen molar-refractivity contribution in [1.29, 1.82) is 0 Å². The Hall–Kier alpha value is 0.111. The van der Waals surface area contributed by atoms with E-state index in [9.17, 15) is 17.3 Å². The van der Waals surface area contributed by atoms with Crippen LogP contribution in [0.4, 0.5) is 17.3 Å². The molecule has 2 aromatic rings. The maximum absolute atomic E-state index is 13.2. The van der Waals surface area contributed by atoms with Gasteiger partial charge in [-0.2, -0.15) is 0 Å². The first-order chi connectivity index (χ1) is 6.88. The van der Waals surface area contributed by atoms with Crippen LogP contribution in [0.5, 0.6) is 0 Å². The molecule has 0 aromatic carbocycles. The number of aryl methyl sites for hydroxylation is 1. The molecule has 0 atom stereocenters. The number of nitrogens with zero attached hydrogens (tertiary/aromatic N) is 2. The largest absolute Gasteiger partial charge is 1.00 e. The van der Waals surface area contributed by atoms with Crippen LogP contribution in [0.1, 0.15) is 5.69 Å². The van der Waals surface area contributed by atoms with E-state index in [4.69, 9.17) is 0 Å². The van der Waals surface area contributed by atoms with Gasteiger partial charge in [-0.15, -0.1) is 0 Å². The number of hydrogen-bond donors (Lipinski definition) is 0. The number of pyridine rings is 1. The summed E-state index contributed by atoms with van der Waals surface area (Å²) in [5.41, 5.74) is -0.575. The molecule has 8 heteroatoms. The van der Waals surface area contributed by atoms with E-state index in [-0.39, 0.29) is 57.0 Å². The number of fused-ring (bicyclic) bond motifs is 1. The zero-order chi connectivity index (χ0) is 11.2. The van der Waals surface area contributed by atoms with Gasteiger partial charge in [0.05, 0.1) is 5.69 Å². The average Bonchev–Trinajstić information content (AvgIpc) is 2.44. The minimum Gasteiger partial charge on any atom is -0.445 e. The molecule has 0 N–H and O–H groups in total. The van der Waals surface area contributed by atoms with Crippen molar-refractivity contribution in [3.63, 3.8) is 0 Å². The number of halogens is 4. The third-order valence-corrected chi connectivity index (χ3v) is 2.03. The number of imidazole rings is 1. The Bertz CT molecular complexity index is 522. The fourth-order valence-electron chi connectivity index (χ4n) is 1.38. The van der Waals surface area contributed by atoms with E-state index in [0.29, 0.717) is 11.8 Å². The van der Waals surface area contributed by atoms with E-state index in [2.05, 4.69) is 4.98 Å². The first-order valence-corrected chi connectivity index (χ1v) is 4.22. The van der Waals surface area contributed by atoms with Gasteiger partial charge in [0.15, 0.2) is 11.5 Å². The van der Waals surface area contributed by atoms with Crippen molar-refractivity contribution < 1.29 is 68.7 Å². The van der Waals surface area contributed by atoms with Gasteiger partial charge >= 0.3 is 58.4 Å². The average molecular weight is 256 g/mol. The third-order valence-electron chi connectivity index (χ3n) is 2.03. The van der Waals surface area contributed by atoms with E-state index >= 15 is 0 Å². The minimum absolute atomic E-state index is 0. The first-order valence-electron chi connectivity index (χ1n) is 4.22. The number of hydrogen-bond acceptors (Lipinski definition) is 1.